The Hall–Kier alpha value is -2.14. The topological polar surface area (TPSA) is 49.3 Å². The van der Waals surface area contributed by atoms with Crippen LogP contribution in [0.25, 0.3) is 0 Å². The van der Waals surface area contributed by atoms with E-state index in [9.17, 15) is 4.79 Å². The van der Waals surface area contributed by atoms with E-state index in [4.69, 9.17) is 16.6 Å². The molecular weight excluding hydrogens is 420 g/mol. The molecular formula is C26H37ClN4O. The Bertz CT molecular complexity index is 893. The quantitative estimate of drug-likeness (QED) is 0.428. The Labute approximate surface area is 198 Å². The summed E-state index contributed by atoms with van der Waals surface area (Å²) < 4.78 is 0. The number of benzene rings is 1. The number of aromatic nitrogens is 2. The van der Waals surface area contributed by atoms with E-state index < -0.39 is 0 Å². The highest BCUT2D eigenvalue weighted by atomic mass is 35.5. The number of amides is 1. The number of anilines is 1. The number of piperazine rings is 1. The summed E-state index contributed by atoms with van der Waals surface area (Å²) in [5.41, 5.74) is 3.20. The third-order valence-corrected chi connectivity index (χ3v) is 6.67. The number of hydrogen-bond acceptors (Lipinski definition) is 4. The van der Waals surface area contributed by atoms with E-state index >= 15 is 0 Å². The number of rotatable bonds is 10. The standard InChI is InChI=1S/C26H37ClN4O/c1-4-5-6-7-8-9-14-25(32)30-15-17-31(18-16-30)26-23(20(2)28-21(3)29-26)19-22-12-10-11-13-24(22)27/h10-13H,4-9,14-19H2,1-3H3. The van der Waals surface area contributed by atoms with E-state index in [2.05, 4.69) is 22.9 Å². The maximum atomic E-state index is 12.7. The molecule has 6 heteroatoms. The van der Waals surface area contributed by atoms with E-state index in [1.165, 1.54) is 25.7 Å². The van der Waals surface area contributed by atoms with Gasteiger partial charge in [-0.3, -0.25) is 4.79 Å². The second-order valence-corrected chi connectivity index (χ2v) is 9.22. The molecule has 1 fully saturated rings. The van der Waals surface area contributed by atoms with Gasteiger partial charge in [0.1, 0.15) is 11.6 Å². The van der Waals surface area contributed by atoms with Crippen molar-refractivity contribution in [2.75, 3.05) is 31.1 Å². The van der Waals surface area contributed by atoms with Gasteiger partial charge in [0.2, 0.25) is 5.91 Å². The van der Waals surface area contributed by atoms with E-state index in [-0.39, 0.29) is 0 Å². The first kappa shape index (κ1) is 24.5. The number of unbranched alkanes of at least 4 members (excludes halogenated alkanes) is 5. The van der Waals surface area contributed by atoms with Crippen molar-refractivity contribution in [1.82, 2.24) is 14.9 Å². The van der Waals surface area contributed by atoms with Crippen LogP contribution in [0.15, 0.2) is 24.3 Å². The van der Waals surface area contributed by atoms with Gasteiger partial charge in [0, 0.05) is 55.3 Å². The zero-order valence-corrected chi connectivity index (χ0v) is 20.6. The van der Waals surface area contributed by atoms with Crippen molar-refractivity contribution >= 4 is 23.3 Å². The van der Waals surface area contributed by atoms with Crippen LogP contribution in [0.3, 0.4) is 0 Å². The average molecular weight is 457 g/mol. The van der Waals surface area contributed by atoms with E-state index in [0.29, 0.717) is 18.7 Å². The molecule has 0 saturated carbocycles. The van der Waals surface area contributed by atoms with Crippen molar-refractivity contribution in [3.8, 4) is 0 Å². The van der Waals surface area contributed by atoms with Crippen molar-refractivity contribution in [2.45, 2.75) is 72.1 Å². The van der Waals surface area contributed by atoms with Crippen LogP contribution >= 0.6 is 11.6 Å². The van der Waals surface area contributed by atoms with Crippen LogP contribution in [0.4, 0.5) is 5.82 Å². The van der Waals surface area contributed by atoms with Gasteiger partial charge in [0.05, 0.1) is 0 Å². The Morgan fingerprint density at radius 1 is 0.969 bits per heavy atom. The SMILES string of the molecule is CCCCCCCCC(=O)N1CCN(c2nc(C)nc(C)c2Cc2ccccc2Cl)CC1. The molecule has 0 spiro atoms. The first-order valence-corrected chi connectivity index (χ1v) is 12.5. The van der Waals surface area contributed by atoms with Crippen molar-refractivity contribution in [1.29, 1.82) is 0 Å². The first-order chi connectivity index (χ1) is 15.5. The Balaban J connectivity index is 1.60. The molecule has 0 aliphatic carbocycles. The van der Waals surface area contributed by atoms with Crippen LogP contribution in [0.1, 0.15) is 74.5 Å². The van der Waals surface area contributed by atoms with E-state index in [0.717, 1.165) is 72.5 Å². The molecule has 0 radical (unpaired) electrons. The van der Waals surface area contributed by atoms with Crippen LogP contribution in [0.2, 0.25) is 5.02 Å². The third-order valence-electron chi connectivity index (χ3n) is 6.31. The Kier molecular flexibility index (Phi) is 9.34. The van der Waals surface area contributed by atoms with Crippen LogP contribution in [0, 0.1) is 13.8 Å². The largest absolute Gasteiger partial charge is 0.353 e. The zero-order valence-electron chi connectivity index (χ0n) is 19.9. The average Bonchev–Trinajstić information content (AvgIpc) is 2.79. The predicted molar refractivity (Wildman–Crippen MR) is 133 cm³/mol. The number of carbonyl (C=O) groups excluding carboxylic acids is 1. The third kappa shape index (κ3) is 6.68. The minimum absolute atomic E-state index is 0.298. The predicted octanol–water partition coefficient (Wildman–Crippen LogP) is 5.74. The highest BCUT2D eigenvalue weighted by Gasteiger charge is 2.24. The fraction of sp³-hybridized carbons (Fsp3) is 0.577. The lowest BCUT2D eigenvalue weighted by Crippen LogP contribution is -2.49. The lowest BCUT2D eigenvalue weighted by atomic mass is 10.0. The normalized spacial score (nSPS) is 14.1. The number of nitrogens with zero attached hydrogens (tertiary/aromatic N) is 4. The van der Waals surface area contributed by atoms with Crippen molar-refractivity contribution < 1.29 is 4.79 Å². The minimum atomic E-state index is 0.298. The number of hydrogen-bond donors (Lipinski definition) is 0. The second-order valence-electron chi connectivity index (χ2n) is 8.81. The van der Waals surface area contributed by atoms with Gasteiger partial charge >= 0.3 is 0 Å². The Morgan fingerprint density at radius 2 is 1.66 bits per heavy atom. The van der Waals surface area contributed by atoms with Gasteiger partial charge in [-0.1, -0.05) is 68.8 Å². The molecule has 1 aliphatic heterocycles. The molecule has 5 nitrogen and oxygen atoms in total. The van der Waals surface area contributed by atoms with Gasteiger partial charge in [-0.2, -0.15) is 0 Å². The van der Waals surface area contributed by atoms with Crippen LogP contribution in [-0.4, -0.2) is 47.0 Å². The van der Waals surface area contributed by atoms with Gasteiger partial charge in [-0.15, -0.1) is 0 Å². The maximum Gasteiger partial charge on any atom is 0.222 e. The smallest absolute Gasteiger partial charge is 0.222 e. The van der Waals surface area contributed by atoms with Gasteiger partial charge in [0.25, 0.3) is 0 Å². The molecule has 1 saturated heterocycles. The molecule has 1 aliphatic rings. The number of aryl methyl sites for hydroxylation is 2. The van der Waals surface area contributed by atoms with Gasteiger partial charge in [0.15, 0.2) is 0 Å². The molecule has 0 bridgehead atoms. The molecule has 0 unspecified atom stereocenters. The fourth-order valence-corrected chi connectivity index (χ4v) is 4.60. The van der Waals surface area contributed by atoms with Crippen molar-refractivity contribution in [3.63, 3.8) is 0 Å². The highest BCUT2D eigenvalue weighted by Crippen LogP contribution is 2.27. The molecule has 2 heterocycles. The van der Waals surface area contributed by atoms with Crippen LogP contribution < -0.4 is 4.90 Å². The molecule has 3 rings (SSSR count). The van der Waals surface area contributed by atoms with Crippen molar-refractivity contribution in [2.24, 2.45) is 0 Å². The maximum absolute atomic E-state index is 12.7. The summed E-state index contributed by atoms with van der Waals surface area (Å²) in [5, 5.41) is 0.767. The minimum Gasteiger partial charge on any atom is -0.353 e. The van der Waals surface area contributed by atoms with E-state index in [1.54, 1.807) is 0 Å². The molecule has 32 heavy (non-hydrogen) atoms. The van der Waals surface area contributed by atoms with Gasteiger partial charge < -0.3 is 9.80 Å². The molecule has 0 atom stereocenters. The molecule has 174 valence electrons. The summed E-state index contributed by atoms with van der Waals surface area (Å²) in [6.07, 6.45) is 8.65. The second kappa shape index (κ2) is 12.2. The summed E-state index contributed by atoms with van der Waals surface area (Å²) in [7, 11) is 0. The highest BCUT2D eigenvalue weighted by molar-refractivity contribution is 6.31. The number of carbonyl (C=O) groups is 1. The number of halogens is 1. The summed E-state index contributed by atoms with van der Waals surface area (Å²) >= 11 is 6.43. The molecule has 0 N–H and O–H groups in total. The van der Waals surface area contributed by atoms with Gasteiger partial charge in [-0.25, -0.2) is 9.97 Å². The summed E-state index contributed by atoms with van der Waals surface area (Å²) in [6, 6.07) is 7.95. The molecule has 1 amide bonds. The van der Waals surface area contributed by atoms with Gasteiger partial charge in [-0.05, 0) is 31.9 Å². The van der Waals surface area contributed by atoms with Crippen molar-refractivity contribution in [3.05, 3.63) is 51.9 Å². The summed E-state index contributed by atoms with van der Waals surface area (Å²) in [6.45, 7) is 9.32. The monoisotopic (exact) mass is 456 g/mol. The van der Waals surface area contributed by atoms with E-state index in [1.807, 2.05) is 36.9 Å². The zero-order chi connectivity index (χ0) is 22.9. The summed E-state index contributed by atoms with van der Waals surface area (Å²) in [5.74, 6) is 2.06. The molecule has 1 aromatic carbocycles. The fourth-order valence-electron chi connectivity index (χ4n) is 4.40. The van der Waals surface area contributed by atoms with Crippen LogP contribution in [-0.2, 0) is 11.2 Å². The Morgan fingerprint density at radius 3 is 2.38 bits per heavy atom. The molecule has 2 aromatic rings. The summed E-state index contributed by atoms with van der Waals surface area (Å²) in [4.78, 5) is 26.4. The molecule has 1 aromatic heterocycles. The van der Waals surface area contributed by atoms with Crippen LogP contribution in [0.5, 0.6) is 0 Å². The lowest BCUT2D eigenvalue weighted by molar-refractivity contribution is -0.131. The first-order valence-electron chi connectivity index (χ1n) is 12.1. The lowest BCUT2D eigenvalue weighted by Gasteiger charge is -2.36.